The number of ether oxygens (including phenoxy) is 2. The number of hydrogen-bond donors (Lipinski definition) is 2. The van der Waals surface area contributed by atoms with Crippen LogP contribution in [0, 0.1) is 0 Å². The van der Waals surface area contributed by atoms with Crippen LogP contribution in [0.15, 0.2) is 53.4 Å². The van der Waals surface area contributed by atoms with Gasteiger partial charge in [-0.3, -0.25) is 10.1 Å². The number of rotatable bonds is 7. The number of imide groups is 1. The molecule has 2 N–H and O–H groups in total. The van der Waals surface area contributed by atoms with Crippen LogP contribution in [0.1, 0.15) is 28.9 Å². The van der Waals surface area contributed by atoms with Gasteiger partial charge in [0.15, 0.2) is 0 Å². The molecule has 3 amide bonds. The van der Waals surface area contributed by atoms with E-state index in [2.05, 4.69) is 10.6 Å². The number of thioether (sulfide) groups is 1. The highest BCUT2D eigenvalue weighted by atomic mass is 32.2. The molecule has 2 rings (SSSR count). The van der Waals surface area contributed by atoms with Gasteiger partial charge in [0.05, 0.1) is 7.11 Å². The lowest BCUT2D eigenvalue weighted by atomic mass is 10.1. The Morgan fingerprint density at radius 3 is 2.43 bits per heavy atom. The van der Waals surface area contributed by atoms with E-state index in [-0.39, 0.29) is 5.56 Å². The van der Waals surface area contributed by atoms with Crippen molar-refractivity contribution in [2.45, 2.75) is 17.9 Å². The van der Waals surface area contributed by atoms with Crippen molar-refractivity contribution in [2.75, 3.05) is 19.9 Å². The van der Waals surface area contributed by atoms with E-state index in [4.69, 9.17) is 9.47 Å². The molecule has 0 aliphatic rings. The Kier molecular flexibility index (Phi) is 7.88. The largest absolute Gasteiger partial charge is 0.496 e. The number of hydrogen-bond acceptors (Lipinski definition) is 6. The molecule has 0 aliphatic carbocycles. The molecule has 0 heterocycles. The van der Waals surface area contributed by atoms with Gasteiger partial charge in [0.1, 0.15) is 11.3 Å². The van der Waals surface area contributed by atoms with Crippen LogP contribution < -0.4 is 15.4 Å². The molecule has 28 heavy (non-hydrogen) atoms. The lowest BCUT2D eigenvalue weighted by Crippen LogP contribution is -2.42. The number of carbonyl (C=O) groups excluding carboxylic acids is 3. The molecule has 0 radical (unpaired) electrons. The maximum Gasteiger partial charge on any atom is 0.343 e. The molecule has 7 nitrogen and oxygen atoms in total. The molecule has 2 aromatic rings. The number of amides is 3. The lowest BCUT2D eigenvalue weighted by molar-refractivity contribution is -0.129. The number of carbonyl (C=O) groups is 3. The standard InChI is InChI=1S/C20H22N2O5S/c1-4-21-20(25)22-18(23)17(13-8-6-5-7-9-13)27-19(24)15-11-10-14(28-3)12-16(15)26-2/h5-12,17H,4H2,1-3H3,(H2,21,22,23,25)/t17-/m0/s1. The number of methoxy groups -OCH3 is 1. The molecule has 8 heteroatoms. The van der Waals surface area contributed by atoms with Crippen LogP contribution >= 0.6 is 11.8 Å². The zero-order chi connectivity index (χ0) is 20.5. The summed E-state index contributed by atoms with van der Waals surface area (Å²) in [7, 11) is 1.45. The quantitative estimate of drug-likeness (QED) is 0.546. The van der Waals surface area contributed by atoms with E-state index < -0.39 is 24.0 Å². The van der Waals surface area contributed by atoms with Gasteiger partial charge in [0.25, 0.3) is 5.91 Å². The highest BCUT2D eigenvalue weighted by Crippen LogP contribution is 2.28. The van der Waals surface area contributed by atoms with Gasteiger partial charge in [0.2, 0.25) is 6.10 Å². The van der Waals surface area contributed by atoms with Crippen LogP contribution in [-0.4, -0.2) is 37.8 Å². The average molecular weight is 402 g/mol. The molecule has 0 aliphatic heterocycles. The van der Waals surface area contributed by atoms with E-state index in [1.165, 1.54) is 18.9 Å². The predicted octanol–water partition coefficient (Wildman–Crippen LogP) is 3.16. The Labute approximate surface area is 167 Å². The Morgan fingerprint density at radius 2 is 1.82 bits per heavy atom. The first-order valence-corrected chi connectivity index (χ1v) is 9.79. The van der Waals surface area contributed by atoms with Gasteiger partial charge in [-0.1, -0.05) is 30.3 Å². The molecular weight excluding hydrogens is 380 g/mol. The molecule has 148 valence electrons. The first-order valence-electron chi connectivity index (χ1n) is 8.56. The van der Waals surface area contributed by atoms with Gasteiger partial charge in [-0.05, 0) is 31.4 Å². The second-order valence-electron chi connectivity index (χ2n) is 5.61. The first-order chi connectivity index (χ1) is 13.5. The van der Waals surface area contributed by atoms with E-state index >= 15 is 0 Å². The molecule has 0 bridgehead atoms. The Bertz CT molecular complexity index is 842. The smallest absolute Gasteiger partial charge is 0.343 e. The van der Waals surface area contributed by atoms with Crippen molar-refractivity contribution < 1.29 is 23.9 Å². The third-order valence-electron chi connectivity index (χ3n) is 3.77. The molecule has 1 atom stereocenters. The van der Waals surface area contributed by atoms with Gasteiger partial charge < -0.3 is 14.8 Å². The minimum absolute atomic E-state index is 0.187. The van der Waals surface area contributed by atoms with E-state index in [9.17, 15) is 14.4 Å². The van der Waals surface area contributed by atoms with Crippen molar-refractivity contribution in [3.05, 3.63) is 59.7 Å². The van der Waals surface area contributed by atoms with Gasteiger partial charge in [-0.2, -0.15) is 0 Å². The maximum absolute atomic E-state index is 12.7. The monoisotopic (exact) mass is 402 g/mol. The minimum atomic E-state index is -1.29. The summed E-state index contributed by atoms with van der Waals surface area (Å²) < 4.78 is 10.7. The minimum Gasteiger partial charge on any atom is -0.496 e. The number of nitrogens with one attached hydrogen (secondary N) is 2. The van der Waals surface area contributed by atoms with Gasteiger partial charge in [-0.15, -0.1) is 11.8 Å². The first kappa shape index (κ1) is 21.3. The fourth-order valence-corrected chi connectivity index (χ4v) is 2.85. The second kappa shape index (κ2) is 10.4. The van der Waals surface area contributed by atoms with E-state index in [1.807, 2.05) is 6.26 Å². The number of urea groups is 1. The van der Waals surface area contributed by atoms with Crippen molar-refractivity contribution in [1.29, 1.82) is 0 Å². The van der Waals surface area contributed by atoms with Crippen molar-refractivity contribution >= 4 is 29.7 Å². The van der Waals surface area contributed by atoms with Gasteiger partial charge in [0, 0.05) is 17.0 Å². The Balaban J connectivity index is 2.28. The number of benzene rings is 2. The summed E-state index contributed by atoms with van der Waals surface area (Å²) in [6.45, 7) is 2.08. The molecule has 0 unspecified atom stereocenters. The summed E-state index contributed by atoms with van der Waals surface area (Å²) in [5, 5.41) is 4.65. The average Bonchev–Trinajstić information content (AvgIpc) is 2.71. The zero-order valence-corrected chi connectivity index (χ0v) is 16.7. The topological polar surface area (TPSA) is 93.7 Å². The maximum atomic E-state index is 12.7. The van der Waals surface area contributed by atoms with Crippen molar-refractivity contribution in [1.82, 2.24) is 10.6 Å². The van der Waals surface area contributed by atoms with E-state index in [0.29, 0.717) is 17.9 Å². The Morgan fingerprint density at radius 1 is 1.11 bits per heavy atom. The normalized spacial score (nSPS) is 11.2. The van der Waals surface area contributed by atoms with Crippen LogP contribution in [0.2, 0.25) is 0 Å². The second-order valence-corrected chi connectivity index (χ2v) is 6.49. The fourth-order valence-electron chi connectivity index (χ4n) is 2.42. The molecule has 0 fully saturated rings. The SMILES string of the molecule is CCNC(=O)NC(=O)[C@@H](OC(=O)c1ccc(SC)cc1OC)c1ccccc1. The summed E-state index contributed by atoms with van der Waals surface area (Å²) in [5.74, 6) is -1.14. The number of esters is 1. The van der Waals surface area contributed by atoms with Crippen LogP contribution in [0.25, 0.3) is 0 Å². The summed E-state index contributed by atoms with van der Waals surface area (Å²) in [6.07, 6.45) is 0.616. The highest BCUT2D eigenvalue weighted by Gasteiger charge is 2.28. The van der Waals surface area contributed by atoms with Gasteiger partial charge >= 0.3 is 12.0 Å². The van der Waals surface area contributed by atoms with Crippen LogP contribution in [0.3, 0.4) is 0 Å². The van der Waals surface area contributed by atoms with Crippen LogP contribution in [-0.2, 0) is 9.53 Å². The summed E-state index contributed by atoms with van der Waals surface area (Å²) >= 11 is 1.51. The Hall–Kier alpha value is -3.00. The molecular formula is C20H22N2O5S. The summed E-state index contributed by atoms with van der Waals surface area (Å²) in [4.78, 5) is 37.9. The molecule has 0 saturated carbocycles. The molecule has 2 aromatic carbocycles. The molecule has 0 aromatic heterocycles. The van der Waals surface area contributed by atoms with Gasteiger partial charge in [-0.25, -0.2) is 9.59 Å². The summed E-state index contributed by atoms with van der Waals surface area (Å²) in [6, 6.07) is 12.9. The van der Waals surface area contributed by atoms with E-state index in [0.717, 1.165) is 4.90 Å². The molecule has 0 spiro atoms. The lowest BCUT2D eigenvalue weighted by Gasteiger charge is -2.18. The van der Waals surface area contributed by atoms with Crippen LogP contribution in [0.5, 0.6) is 5.75 Å². The van der Waals surface area contributed by atoms with Crippen molar-refractivity contribution in [3.8, 4) is 5.75 Å². The predicted molar refractivity (Wildman–Crippen MR) is 107 cm³/mol. The zero-order valence-electron chi connectivity index (χ0n) is 15.9. The third-order valence-corrected chi connectivity index (χ3v) is 4.49. The third kappa shape index (κ3) is 5.50. The summed E-state index contributed by atoms with van der Waals surface area (Å²) in [5.41, 5.74) is 0.629. The highest BCUT2D eigenvalue weighted by molar-refractivity contribution is 7.98. The fraction of sp³-hybridized carbons (Fsp3) is 0.250. The van der Waals surface area contributed by atoms with Crippen molar-refractivity contribution in [2.24, 2.45) is 0 Å². The van der Waals surface area contributed by atoms with E-state index in [1.54, 1.807) is 55.5 Å². The van der Waals surface area contributed by atoms with Crippen molar-refractivity contribution in [3.63, 3.8) is 0 Å². The van der Waals surface area contributed by atoms with Crippen LogP contribution in [0.4, 0.5) is 4.79 Å². The molecule has 0 saturated heterocycles.